The standard InChI is InChI=1S/C49H45NO/c1-31-17-23-39-42(29-31)48(4,5)45-40-25-26-49(51-46(40)38-15-8-7-14-37(38)44(39)45,32-18-21-34(22-19-32)50-27-11-6-12-28-50)33-20-24-36-35-13-9-10-16-41(35)47(2,3)43(36)30-33/h7-10,13-26,29-30H,6,11-12,27-28H2,1-5H3. The van der Waals surface area contributed by atoms with Gasteiger partial charge in [-0.05, 0) is 100 Å². The minimum Gasteiger partial charge on any atom is -0.472 e. The Morgan fingerprint density at radius 1 is 0.588 bits per heavy atom. The third kappa shape index (κ3) is 4.23. The first-order valence-corrected chi connectivity index (χ1v) is 18.9. The summed E-state index contributed by atoms with van der Waals surface area (Å²) < 4.78 is 7.74. The third-order valence-electron chi connectivity index (χ3n) is 12.7. The number of nitrogens with zero attached hydrogens (tertiary/aromatic N) is 1. The van der Waals surface area contributed by atoms with Crippen LogP contribution < -0.4 is 9.64 Å². The lowest BCUT2D eigenvalue weighted by atomic mass is 9.75. The van der Waals surface area contributed by atoms with Gasteiger partial charge in [-0.15, -0.1) is 0 Å². The molecule has 6 aromatic carbocycles. The fourth-order valence-electron chi connectivity index (χ4n) is 10.0. The van der Waals surface area contributed by atoms with Crippen LogP contribution in [0.4, 0.5) is 5.69 Å². The van der Waals surface area contributed by atoms with Gasteiger partial charge in [-0.3, -0.25) is 0 Å². The van der Waals surface area contributed by atoms with E-state index in [4.69, 9.17) is 4.74 Å². The van der Waals surface area contributed by atoms with Gasteiger partial charge in [0.2, 0.25) is 0 Å². The molecule has 4 aliphatic rings. The predicted octanol–water partition coefficient (Wildman–Crippen LogP) is 12.1. The van der Waals surface area contributed by atoms with Gasteiger partial charge in [-0.2, -0.15) is 0 Å². The molecule has 0 aromatic heterocycles. The number of rotatable bonds is 3. The highest BCUT2D eigenvalue weighted by atomic mass is 16.5. The van der Waals surface area contributed by atoms with Gasteiger partial charge >= 0.3 is 0 Å². The van der Waals surface area contributed by atoms with E-state index < -0.39 is 5.60 Å². The van der Waals surface area contributed by atoms with Gasteiger partial charge in [0.15, 0.2) is 5.60 Å². The van der Waals surface area contributed by atoms with Crippen LogP contribution in [0.3, 0.4) is 0 Å². The van der Waals surface area contributed by atoms with Crippen molar-refractivity contribution in [1.29, 1.82) is 0 Å². The molecule has 51 heavy (non-hydrogen) atoms. The van der Waals surface area contributed by atoms with Crippen LogP contribution in [0, 0.1) is 6.92 Å². The highest BCUT2D eigenvalue weighted by Gasteiger charge is 2.45. The molecule has 0 bridgehead atoms. The number of fused-ring (bicyclic) bond motifs is 11. The molecule has 0 amide bonds. The predicted molar refractivity (Wildman–Crippen MR) is 213 cm³/mol. The fraction of sp³-hybridized carbons (Fsp3) is 0.265. The molecule has 1 atom stereocenters. The van der Waals surface area contributed by atoms with Crippen molar-refractivity contribution in [2.24, 2.45) is 0 Å². The van der Waals surface area contributed by atoms with Crippen LogP contribution in [-0.4, -0.2) is 13.1 Å². The van der Waals surface area contributed by atoms with E-state index in [1.165, 1.54) is 91.4 Å². The smallest absolute Gasteiger partial charge is 0.178 e. The van der Waals surface area contributed by atoms with Crippen LogP contribution in [0.2, 0.25) is 0 Å². The minimum atomic E-state index is -0.809. The summed E-state index contributed by atoms with van der Waals surface area (Å²) in [5.74, 6) is 0.979. The first kappa shape index (κ1) is 30.7. The molecular weight excluding hydrogens is 619 g/mol. The molecule has 1 saturated heterocycles. The van der Waals surface area contributed by atoms with Crippen LogP contribution >= 0.6 is 0 Å². The van der Waals surface area contributed by atoms with E-state index in [2.05, 4.69) is 161 Å². The van der Waals surface area contributed by atoms with Crippen LogP contribution in [-0.2, 0) is 16.4 Å². The monoisotopic (exact) mass is 663 g/mol. The summed E-state index contributed by atoms with van der Waals surface area (Å²) >= 11 is 0. The quantitative estimate of drug-likeness (QED) is 0.187. The van der Waals surface area contributed by atoms with Crippen molar-refractivity contribution in [1.82, 2.24) is 0 Å². The summed E-state index contributed by atoms with van der Waals surface area (Å²) in [6.45, 7) is 14.0. The molecule has 252 valence electrons. The van der Waals surface area contributed by atoms with Gasteiger partial charge in [-0.1, -0.05) is 130 Å². The number of benzene rings is 6. The largest absolute Gasteiger partial charge is 0.472 e. The van der Waals surface area contributed by atoms with Crippen molar-refractivity contribution in [2.45, 2.75) is 70.3 Å². The molecule has 0 N–H and O–H groups in total. The lowest BCUT2D eigenvalue weighted by molar-refractivity contribution is 0.163. The normalized spacial score (nSPS) is 20.3. The van der Waals surface area contributed by atoms with Crippen molar-refractivity contribution < 1.29 is 4.74 Å². The molecule has 2 heteroatoms. The lowest BCUT2D eigenvalue weighted by Crippen LogP contribution is -2.35. The van der Waals surface area contributed by atoms with Crippen LogP contribution in [0.25, 0.3) is 39.1 Å². The molecule has 2 nitrogen and oxygen atoms in total. The molecule has 2 aliphatic carbocycles. The van der Waals surface area contributed by atoms with E-state index in [1.807, 2.05) is 0 Å². The zero-order valence-corrected chi connectivity index (χ0v) is 30.4. The van der Waals surface area contributed by atoms with E-state index in [1.54, 1.807) is 0 Å². The van der Waals surface area contributed by atoms with Crippen molar-refractivity contribution >= 4 is 22.5 Å². The van der Waals surface area contributed by atoms with Crippen molar-refractivity contribution in [3.63, 3.8) is 0 Å². The number of hydrogen-bond acceptors (Lipinski definition) is 2. The van der Waals surface area contributed by atoms with E-state index in [-0.39, 0.29) is 10.8 Å². The summed E-state index contributed by atoms with van der Waals surface area (Å²) in [6.07, 6.45) is 8.61. The fourth-order valence-corrected chi connectivity index (χ4v) is 10.0. The number of aryl methyl sites for hydroxylation is 1. The Bertz CT molecular complexity index is 2440. The summed E-state index contributed by atoms with van der Waals surface area (Å²) in [5, 5.41) is 2.43. The maximum atomic E-state index is 7.74. The topological polar surface area (TPSA) is 12.5 Å². The Morgan fingerprint density at radius 2 is 1.25 bits per heavy atom. The number of piperidine rings is 1. The Kier molecular flexibility index (Phi) is 6.46. The van der Waals surface area contributed by atoms with Gasteiger partial charge in [0.25, 0.3) is 0 Å². The van der Waals surface area contributed by atoms with E-state index >= 15 is 0 Å². The Balaban J connectivity index is 1.21. The molecule has 6 aromatic rings. The molecule has 0 radical (unpaired) electrons. The van der Waals surface area contributed by atoms with Crippen LogP contribution in [0.15, 0.2) is 115 Å². The van der Waals surface area contributed by atoms with Gasteiger partial charge in [-0.25, -0.2) is 0 Å². The Labute approximate surface area is 302 Å². The summed E-state index contributed by atoms with van der Waals surface area (Å²) in [5.41, 5.74) is 15.9. The van der Waals surface area contributed by atoms with E-state index in [0.717, 1.165) is 30.0 Å². The van der Waals surface area contributed by atoms with Gasteiger partial charge in [0, 0.05) is 51.7 Å². The minimum absolute atomic E-state index is 0.112. The second kappa shape index (κ2) is 10.7. The summed E-state index contributed by atoms with van der Waals surface area (Å²) in [4.78, 5) is 2.54. The Morgan fingerprint density at radius 3 is 2.06 bits per heavy atom. The van der Waals surface area contributed by atoms with Crippen molar-refractivity contribution in [2.75, 3.05) is 18.0 Å². The molecule has 2 aliphatic heterocycles. The maximum absolute atomic E-state index is 7.74. The van der Waals surface area contributed by atoms with Crippen molar-refractivity contribution in [3.8, 4) is 28.0 Å². The average molecular weight is 664 g/mol. The number of ether oxygens (including phenoxy) is 1. The van der Waals surface area contributed by atoms with Gasteiger partial charge in [0.05, 0.1) is 0 Å². The first-order valence-electron chi connectivity index (χ1n) is 18.9. The second-order valence-corrected chi connectivity index (χ2v) is 16.4. The molecule has 0 spiro atoms. The van der Waals surface area contributed by atoms with E-state index in [0.29, 0.717) is 0 Å². The first-order chi connectivity index (χ1) is 24.7. The number of hydrogen-bond donors (Lipinski definition) is 0. The van der Waals surface area contributed by atoms with Gasteiger partial charge in [0.1, 0.15) is 5.75 Å². The van der Waals surface area contributed by atoms with Crippen LogP contribution in [0.5, 0.6) is 5.75 Å². The maximum Gasteiger partial charge on any atom is 0.178 e. The number of anilines is 1. The highest BCUT2D eigenvalue weighted by molar-refractivity contribution is 6.08. The molecule has 1 unspecified atom stereocenters. The second-order valence-electron chi connectivity index (χ2n) is 16.4. The Hall–Kier alpha value is -5.08. The molecule has 2 heterocycles. The highest BCUT2D eigenvalue weighted by Crippen LogP contribution is 2.59. The van der Waals surface area contributed by atoms with Crippen LogP contribution in [0.1, 0.15) is 91.5 Å². The third-order valence-corrected chi connectivity index (χ3v) is 12.7. The van der Waals surface area contributed by atoms with E-state index in [9.17, 15) is 0 Å². The molecule has 1 fully saturated rings. The lowest BCUT2D eigenvalue weighted by Gasteiger charge is -2.39. The zero-order chi connectivity index (χ0) is 34.7. The SMILES string of the molecule is Cc1ccc2c(c1)C(C)(C)c1c3c(c4ccccc4c1-2)OC(c1ccc(N2CCCCC2)cc1)(c1ccc2c(c1)C(C)(C)c1ccccc1-2)C=C3. The van der Waals surface area contributed by atoms with Gasteiger partial charge < -0.3 is 9.64 Å². The summed E-state index contributed by atoms with van der Waals surface area (Å²) in [7, 11) is 0. The molecule has 0 saturated carbocycles. The average Bonchev–Trinajstić information content (AvgIpc) is 3.54. The summed E-state index contributed by atoms with van der Waals surface area (Å²) in [6, 6.07) is 41.2. The molecular formula is C49H45NO. The van der Waals surface area contributed by atoms with Crippen molar-refractivity contribution in [3.05, 3.63) is 160 Å². The molecule has 10 rings (SSSR count). The zero-order valence-electron chi connectivity index (χ0n) is 30.4.